The Hall–Kier alpha value is -4.27. The molecule has 0 fully saturated rings. The molecule has 0 spiro atoms. The zero-order valence-electron chi connectivity index (χ0n) is 18.0. The second kappa shape index (κ2) is 11.0. The summed E-state index contributed by atoms with van der Waals surface area (Å²) in [5, 5.41) is 8.11. The van der Waals surface area contributed by atoms with E-state index in [1.165, 1.54) is 24.3 Å². The summed E-state index contributed by atoms with van der Waals surface area (Å²) in [5.41, 5.74) is 0.373. The van der Waals surface area contributed by atoms with Gasteiger partial charge in [-0.2, -0.15) is 13.2 Å². The highest BCUT2D eigenvalue weighted by atomic mass is 19.4. The number of nitrogens with one attached hydrogen (secondary N) is 3. The van der Waals surface area contributed by atoms with E-state index in [0.29, 0.717) is 23.7 Å². The molecule has 0 aliphatic rings. The Labute approximate surface area is 194 Å². The number of carbonyl (C=O) groups excluding carboxylic acids is 2. The van der Waals surface area contributed by atoms with E-state index in [-0.39, 0.29) is 23.7 Å². The molecule has 0 saturated heterocycles. The van der Waals surface area contributed by atoms with Crippen molar-refractivity contribution in [2.45, 2.75) is 6.18 Å². The molecule has 0 radical (unpaired) electrons. The van der Waals surface area contributed by atoms with Crippen molar-refractivity contribution in [3.8, 4) is 5.75 Å². The molecule has 0 atom stereocenters. The van der Waals surface area contributed by atoms with Gasteiger partial charge in [-0.05, 0) is 48.5 Å². The fourth-order valence-electron chi connectivity index (χ4n) is 2.97. The van der Waals surface area contributed by atoms with E-state index >= 15 is 0 Å². The number of ether oxygens (including phenoxy) is 1. The number of alkyl halides is 3. The molecule has 176 valence electrons. The van der Waals surface area contributed by atoms with E-state index in [2.05, 4.69) is 22.5 Å². The van der Waals surface area contributed by atoms with Crippen LogP contribution in [0.2, 0.25) is 0 Å². The summed E-state index contributed by atoms with van der Waals surface area (Å²) in [5.74, 6) is -0.418. The van der Waals surface area contributed by atoms with Gasteiger partial charge in [-0.1, -0.05) is 36.9 Å². The number of carbonyl (C=O) groups is 2. The minimum atomic E-state index is -4.51. The van der Waals surface area contributed by atoms with Crippen molar-refractivity contribution in [3.05, 3.63) is 96.6 Å². The second-order valence-corrected chi connectivity index (χ2v) is 7.11. The lowest BCUT2D eigenvalue weighted by Gasteiger charge is -2.13. The largest absolute Gasteiger partial charge is 0.487 e. The van der Waals surface area contributed by atoms with Crippen LogP contribution in [0, 0.1) is 0 Å². The minimum Gasteiger partial charge on any atom is -0.487 e. The molecule has 3 rings (SSSR count). The SMILES string of the molecule is C=CCOc1ccccc1NC(=O)CNc1cccc(C(=O)Nc2cccc(C(F)(F)F)c2)c1. The molecule has 0 unspecified atom stereocenters. The Morgan fingerprint density at radius 2 is 1.65 bits per heavy atom. The predicted octanol–water partition coefficient (Wildman–Crippen LogP) is 5.57. The standard InChI is InChI=1S/C25H22F3N3O3/c1-2-13-34-22-12-4-3-11-21(22)31-23(32)16-29-19-9-5-7-17(14-19)24(33)30-20-10-6-8-18(15-20)25(26,27)28/h2-12,14-15,29H,1,13,16H2,(H,30,33)(H,31,32). The van der Waals surface area contributed by atoms with Crippen molar-refractivity contribution in [2.24, 2.45) is 0 Å². The first kappa shape index (κ1) is 24.4. The average Bonchev–Trinajstić information content (AvgIpc) is 2.82. The van der Waals surface area contributed by atoms with Crippen LogP contribution in [0.1, 0.15) is 15.9 Å². The zero-order valence-corrected chi connectivity index (χ0v) is 18.0. The molecule has 3 N–H and O–H groups in total. The van der Waals surface area contributed by atoms with Crippen LogP contribution < -0.4 is 20.7 Å². The second-order valence-electron chi connectivity index (χ2n) is 7.11. The van der Waals surface area contributed by atoms with Crippen molar-refractivity contribution in [1.82, 2.24) is 0 Å². The molecule has 3 aromatic rings. The number of anilines is 3. The normalized spacial score (nSPS) is 10.8. The maximum absolute atomic E-state index is 12.9. The Morgan fingerprint density at radius 1 is 0.912 bits per heavy atom. The summed E-state index contributed by atoms with van der Waals surface area (Å²) in [4.78, 5) is 24.9. The highest BCUT2D eigenvalue weighted by Crippen LogP contribution is 2.30. The summed E-state index contributed by atoms with van der Waals surface area (Å²) in [6.07, 6.45) is -2.92. The van der Waals surface area contributed by atoms with Crippen LogP contribution >= 0.6 is 0 Å². The quantitative estimate of drug-likeness (QED) is 0.358. The van der Waals surface area contributed by atoms with Gasteiger partial charge in [-0.15, -0.1) is 0 Å². The number of hydrogen-bond acceptors (Lipinski definition) is 4. The van der Waals surface area contributed by atoms with E-state index in [1.54, 1.807) is 42.5 Å². The highest BCUT2D eigenvalue weighted by Gasteiger charge is 2.30. The minimum absolute atomic E-state index is 0.0231. The molecule has 2 amide bonds. The van der Waals surface area contributed by atoms with E-state index in [9.17, 15) is 22.8 Å². The van der Waals surface area contributed by atoms with E-state index < -0.39 is 17.6 Å². The van der Waals surface area contributed by atoms with Crippen molar-refractivity contribution in [3.63, 3.8) is 0 Å². The summed E-state index contributed by atoms with van der Waals surface area (Å²) < 4.78 is 44.2. The Kier molecular flexibility index (Phi) is 7.92. The van der Waals surface area contributed by atoms with E-state index in [4.69, 9.17) is 4.74 Å². The first-order valence-corrected chi connectivity index (χ1v) is 10.2. The van der Waals surface area contributed by atoms with Crippen LogP contribution in [-0.4, -0.2) is 25.0 Å². The monoisotopic (exact) mass is 469 g/mol. The van der Waals surface area contributed by atoms with Crippen molar-refractivity contribution in [1.29, 1.82) is 0 Å². The number of rotatable bonds is 9. The van der Waals surface area contributed by atoms with Gasteiger partial charge in [0.05, 0.1) is 17.8 Å². The predicted molar refractivity (Wildman–Crippen MR) is 125 cm³/mol. The lowest BCUT2D eigenvalue weighted by atomic mass is 10.1. The van der Waals surface area contributed by atoms with Gasteiger partial charge in [0, 0.05) is 16.9 Å². The maximum Gasteiger partial charge on any atom is 0.416 e. The first-order chi connectivity index (χ1) is 16.3. The molecule has 0 heterocycles. The zero-order chi connectivity index (χ0) is 24.6. The molecule has 0 aliphatic heterocycles. The topological polar surface area (TPSA) is 79.5 Å². The number of hydrogen-bond donors (Lipinski definition) is 3. The van der Waals surface area contributed by atoms with E-state index in [1.807, 2.05) is 0 Å². The third kappa shape index (κ3) is 6.86. The lowest BCUT2D eigenvalue weighted by Crippen LogP contribution is -2.22. The van der Waals surface area contributed by atoms with Gasteiger partial charge in [0.1, 0.15) is 12.4 Å². The van der Waals surface area contributed by atoms with Crippen LogP contribution in [0.15, 0.2) is 85.5 Å². The first-order valence-electron chi connectivity index (χ1n) is 10.2. The average molecular weight is 469 g/mol. The number of benzene rings is 3. The fourth-order valence-corrected chi connectivity index (χ4v) is 2.97. The molecule has 0 saturated carbocycles. The Bertz CT molecular complexity index is 1180. The van der Waals surface area contributed by atoms with Gasteiger partial charge >= 0.3 is 6.18 Å². The number of para-hydroxylation sites is 2. The smallest absolute Gasteiger partial charge is 0.416 e. The summed E-state index contributed by atoms with van der Waals surface area (Å²) in [6, 6.07) is 17.6. The van der Waals surface area contributed by atoms with Crippen LogP contribution in [0.4, 0.5) is 30.2 Å². The van der Waals surface area contributed by atoms with Crippen LogP contribution in [-0.2, 0) is 11.0 Å². The lowest BCUT2D eigenvalue weighted by molar-refractivity contribution is -0.137. The van der Waals surface area contributed by atoms with Gasteiger partial charge in [-0.3, -0.25) is 9.59 Å². The Balaban J connectivity index is 1.60. The van der Waals surface area contributed by atoms with Crippen molar-refractivity contribution >= 4 is 28.9 Å². The third-order valence-electron chi connectivity index (χ3n) is 4.54. The number of halogens is 3. The molecule has 34 heavy (non-hydrogen) atoms. The van der Waals surface area contributed by atoms with Gasteiger partial charge in [0.25, 0.3) is 5.91 Å². The van der Waals surface area contributed by atoms with Crippen LogP contribution in [0.3, 0.4) is 0 Å². The third-order valence-corrected chi connectivity index (χ3v) is 4.54. The molecule has 3 aromatic carbocycles. The van der Waals surface area contributed by atoms with Crippen LogP contribution in [0.5, 0.6) is 5.75 Å². The molecule has 0 aliphatic carbocycles. The fraction of sp³-hybridized carbons (Fsp3) is 0.120. The number of amides is 2. The molecule has 9 heteroatoms. The summed E-state index contributed by atoms with van der Waals surface area (Å²) >= 11 is 0. The van der Waals surface area contributed by atoms with Gasteiger partial charge in [-0.25, -0.2) is 0 Å². The molecule has 6 nitrogen and oxygen atoms in total. The van der Waals surface area contributed by atoms with Crippen molar-refractivity contribution < 1.29 is 27.5 Å². The molecule has 0 bridgehead atoms. The van der Waals surface area contributed by atoms with Crippen LogP contribution in [0.25, 0.3) is 0 Å². The summed E-state index contributed by atoms with van der Waals surface area (Å²) in [6.45, 7) is 3.79. The van der Waals surface area contributed by atoms with Crippen molar-refractivity contribution in [2.75, 3.05) is 29.1 Å². The van der Waals surface area contributed by atoms with Gasteiger partial charge in [0.15, 0.2) is 0 Å². The molecular weight excluding hydrogens is 447 g/mol. The Morgan fingerprint density at radius 3 is 2.41 bits per heavy atom. The summed E-state index contributed by atoms with van der Waals surface area (Å²) in [7, 11) is 0. The molecular formula is C25H22F3N3O3. The highest BCUT2D eigenvalue weighted by molar-refractivity contribution is 6.05. The van der Waals surface area contributed by atoms with E-state index in [0.717, 1.165) is 12.1 Å². The van der Waals surface area contributed by atoms with Gasteiger partial charge in [0.2, 0.25) is 5.91 Å². The maximum atomic E-state index is 12.9. The molecule has 0 aromatic heterocycles. The van der Waals surface area contributed by atoms with Gasteiger partial charge < -0.3 is 20.7 Å².